The van der Waals surface area contributed by atoms with Gasteiger partial charge in [-0.2, -0.15) is 0 Å². The van der Waals surface area contributed by atoms with Gasteiger partial charge in [-0.25, -0.2) is 9.48 Å². The Bertz CT molecular complexity index is 926. The normalized spacial score (nSPS) is 10.5. The Hall–Kier alpha value is -3.19. The molecule has 8 heteroatoms. The minimum atomic E-state index is -0.688. The van der Waals surface area contributed by atoms with Gasteiger partial charge in [0.15, 0.2) is 12.3 Å². The molecular weight excluding hydrogens is 380 g/mol. The maximum atomic E-state index is 12.0. The van der Waals surface area contributed by atoms with Crippen molar-refractivity contribution in [2.24, 2.45) is 0 Å². The molecule has 144 valence electrons. The molecule has 0 bridgehead atoms. The third-order valence-corrected chi connectivity index (χ3v) is 4.17. The number of ether oxygens (including phenoxy) is 1. The molecule has 0 aliphatic heterocycles. The lowest BCUT2D eigenvalue weighted by Crippen LogP contribution is -2.30. The number of benzene rings is 2. The highest BCUT2D eigenvalue weighted by atomic mass is 35.5. The number of hydrogen-bond donors (Lipinski definition) is 1. The predicted octanol–water partition coefficient (Wildman–Crippen LogP) is 2.50. The molecule has 0 aliphatic rings. The first-order valence-electron chi connectivity index (χ1n) is 8.72. The van der Waals surface area contributed by atoms with Crippen LogP contribution in [0.15, 0.2) is 60.8 Å². The molecule has 0 spiro atoms. The smallest absolute Gasteiger partial charge is 0.361 e. The molecule has 28 heavy (non-hydrogen) atoms. The Morgan fingerprint density at radius 2 is 1.79 bits per heavy atom. The average molecular weight is 399 g/mol. The first kappa shape index (κ1) is 19.6. The minimum Gasteiger partial charge on any atom is -0.451 e. The van der Waals surface area contributed by atoms with Crippen molar-refractivity contribution in [2.75, 3.05) is 13.2 Å². The molecule has 3 rings (SSSR count). The van der Waals surface area contributed by atoms with Crippen LogP contribution in [0.25, 0.3) is 0 Å². The summed E-state index contributed by atoms with van der Waals surface area (Å²) in [6, 6.07) is 17.1. The van der Waals surface area contributed by atoms with E-state index < -0.39 is 5.97 Å². The van der Waals surface area contributed by atoms with E-state index in [1.54, 1.807) is 12.1 Å². The summed E-state index contributed by atoms with van der Waals surface area (Å²) in [4.78, 5) is 23.8. The SMILES string of the molecule is O=C(COC(=O)c1cn(Cc2ccccc2)nn1)NCCc1ccc(Cl)cc1. The zero-order chi connectivity index (χ0) is 19.8. The van der Waals surface area contributed by atoms with Gasteiger partial charge in [0.2, 0.25) is 0 Å². The predicted molar refractivity (Wildman–Crippen MR) is 104 cm³/mol. The fraction of sp³-hybridized carbons (Fsp3) is 0.200. The molecule has 2 aromatic carbocycles. The molecule has 0 atom stereocenters. The van der Waals surface area contributed by atoms with Crippen LogP contribution in [0.2, 0.25) is 5.02 Å². The monoisotopic (exact) mass is 398 g/mol. The molecule has 0 saturated carbocycles. The van der Waals surface area contributed by atoms with Gasteiger partial charge in [0.25, 0.3) is 5.91 Å². The van der Waals surface area contributed by atoms with Crippen LogP contribution in [-0.2, 0) is 22.5 Å². The Morgan fingerprint density at radius 3 is 2.54 bits per heavy atom. The van der Waals surface area contributed by atoms with Crippen LogP contribution in [0.5, 0.6) is 0 Å². The first-order valence-corrected chi connectivity index (χ1v) is 9.10. The Balaban J connectivity index is 1.40. The van der Waals surface area contributed by atoms with E-state index in [4.69, 9.17) is 16.3 Å². The molecule has 1 amide bonds. The second-order valence-corrected chi connectivity index (χ2v) is 6.53. The molecule has 0 unspecified atom stereocenters. The third-order valence-electron chi connectivity index (χ3n) is 3.92. The van der Waals surface area contributed by atoms with Gasteiger partial charge in [-0.3, -0.25) is 4.79 Å². The average Bonchev–Trinajstić information content (AvgIpc) is 3.17. The second kappa shape index (κ2) is 9.66. The molecule has 7 nitrogen and oxygen atoms in total. The minimum absolute atomic E-state index is 0.0601. The standard InChI is InChI=1S/C20H19ClN4O3/c21-17-8-6-15(7-9-17)10-11-22-19(26)14-28-20(27)18-13-25(24-23-18)12-16-4-2-1-3-5-16/h1-9,13H,10-12,14H2,(H,22,26). The summed E-state index contributed by atoms with van der Waals surface area (Å²) < 4.78 is 6.53. The zero-order valence-electron chi connectivity index (χ0n) is 15.0. The number of amides is 1. The molecular formula is C20H19ClN4O3. The van der Waals surface area contributed by atoms with Gasteiger partial charge in [0, 0.05) is 11.6 Å². The van der Waals surface area contributed by atoms with Crippen LogP contribution in [0.4, 0.5) is 0 Å². The van der Waals surface area contributed by atoms with E-state index in [1.807, 2.05) is 42.5 Å². The molecule has 1 aromatic heterocycles. The van der Waals surface area contributed by atoms with Crippen molar-refractivity contribution in [1.29, 1.82) is 0 Å². The van der Waals surface area contributed by atoms with Gasteiger partial charge >= 0.3 is 5.97 Å². The van der Waals surface area contributed by atoms with Crippen molar-refractivity contribution >= 4 is 23.5 Å². The van der Waals surface area contributed by atoms with Gasteiger partial charge in [0.05, 0.1) is 12.7 Å². The largest absolute Gasteiger partial charge is 0.451 e. The number of carbonyl (C=O) groups is 2. The second-order valence-electron chi connectivity index (χ2n) is 6.09. The number of nitrogens with one attached hydrogen (secondary N) is 1. The van der Waals surface area contributed by atoms with Gasteiger partial charge in [-0.1, -0.05) is 59.3 Å². The van der Waals surface area contributed by atoms with E-state index >= 15 is 0 Å². The molecule has 1 N–H and O–H groups in total. The topological polar surface area (TPSA) is 86.1 Å². The summed E-state index contributed by atoms with van der Waals surface area (Å²) in [5.41, 5.74) is 2.15. The molecule has 0 fully saturated rings. The highest BCUT2D eigenvalue weighted by molar-refractivity contribution is 6.30. The summed E-state index contributed by atoms with van der Waals surface area (Å²) in [5, 5.41) is 11.1. The van der Waals surface area contributed by atoms with E-state index in [-0.39, 0.29) is 18.2 Å². The Kier molecular flexibility index (Phi) is 6.75. The lowest BCUT2D eigenvalue weighted by Gasteiger charge is -2.06. The Morgan fingerprint density at radius 1 is 1.04 bits per heavy atom. The maximum absolute atomic E-state index is 12.0. The summed E-state index contributed by atoms with van der Waals surface area (Å²) in [6.45, 7) is 0.558. The van der Waals surface area contributed by atoms with Gasteiger partial charge < -0.3 is 10.1 Å². The number of carbonyl (C=O) groups excluding carboxylic acids is 2. The summed E-state index contributed by atoms with van der Waals surface area (Å²) in [6.07, 6.45) is 2.15. The van der Waals surface area contributed by atoms with Crippen LogP contribution < -0.4 is 5.32 Å². The van der Waals surface area contributed by atoms with E-state index in [0.717, 1.165) is 11.1 Å². The van der Waals surface area contributed by atoms with Gasteiger partial charge in [-0.15, -0.1) is 5.10 Å². The number of rotatable bonds is 8. The van der Waals surface area contributed by atoms with E-state index in [0.29, 0.717) is 24.5 Å². The first-order chi connectivity index (χ1) is 13.6. The van der Waals surface area contributed by atoms with Crippen LogP contribution in [0.3, 0.4) is 0 Å². The lowest BCUT2D eigenvalue weighted by molar-refractivity contribution is -0.124. The zero-order valence-corrected chi connectivity index (χ0v) is 15.8. The number of aromatic nitrogens is 3. The van der Waals surface area contributed by atoms with E-state index in [9.17, 15) is 9.59 Å². The Labute approximate surface area is 167 Å². The fourth-order valence-electron chi connectivity index (χ4n) is 2.49. The quantitative estimate of drug-likeness (QED) is 0.589. The molecule has 0 radical (unpaired) electrons. The molecule has 0 saturated heterocycles. The lowest BCUT2D eigenvalue weighted by atomic mass is 10.1. The third kappa shape index (κ3) is 5.92. The van der Waals surface area contributed by atoms with Crippen LogP contribution in [-0.4, -0.2) is 40.0 Å². The van der Waals surface area contributed by atoms with Crippen molar-refractivity contribution in [3.8, 4) is 0 Å². The molecule has 3 aromatic rings. The number of nitrogens with zero attached hydrogens (tertiary/aromatic N) is 3. The van der Waals surface area contributed by atoms with Crippen LogP contribution >= 0.6 is 11.6 Å². The van der Waals surface area contributed by atoms with Crippen molar-refractivity contribution in [1.82, 2.24) is 20.3 Å². The van der Waals surface area contributed by atoms with Crippen LogP contribution in [0, 0.1) is 0 Å². The summed E-state index contributed by atoms with van der Waals surface area (Å²) in [5.74, 6) is -1.06. The van der Waals surface area contributed by atoms with Crippen LogP contribution in [0.1, 0.15) is 21.6 Å². The fourth-order valence-corrected chi connectivity index (χ4v) is 2.62. The highest BCUT2D eigenvalue weighted by Crippen LogP contribution is 2.09. The molecule has 1 heterocycles. The van der Waals surface area contributed by atoms with Crippen molar-refractivity contribution in [3.05, 3.63) is 82.6 Å². The van der Waals surface area contributed by atoms with Gasteiger partial charge in [-0.05, 0) is 29.7 Å². The van der Waals surface area contributed by atoms with Crippen molar-refractivity contribution in [3.63, 3.8) is 0 Å². The van der Waals surface area contributed by atoms with E-state index in [2.05, 4.69) is 15.6 Å². The van der Waals surface area contributed by atoms with E-state index in [1.165, 1.54) is 10.9 Å². The number of halogens is 1. The number of hydrogen-bond acceptors (Lipinski definition) is 5. The summed E-state index contributed by atoms with van der Waals surface area (Å²) in [7, 11) is 0. The summed E-state index contributed by atoms with van der Waals surface area (Å²) >= 11 is 5.83. The number of esters is 1. The van der Waals surface area contributed by atoms with Crippen molar-refractivity contribution < 1.29 is 14.3 Å². The molecule has 0 aliphatic carbocycles. The van der Waals surface area contributed by atoms with Crippen molar-refractivity contribution in [2.45, 2.75) is 13.0 Å². The highest BCUT2D eigenvalue weighted by Gasteiger charge is 2.14. The van der Waals surface area contributed by atoms with Gasteiger partial charge in [0.1, 0.15) is 0 Å². The maximum Gasteiger partial charge on any atom is 0.361 e.